The Morgan fingerprint density at radius 1 is 1.26 bits per heavy atom. The van der Waals surface area contributed by atoms with E-state index >= 15 is 0 Å². The van der Waals surface area contributed by atoms with Gasteiger partial charge in [-0.15, -0.1) is 11.3 Å². The summed E-state index contributed by atoms with van der Waals surface area (Å²) >= 11 is 1.65. The normalized spacial score (nSPS) is 14.0. The Morgan fingerprint density at radius 3 is 2.65 bits per heavy atom. The van der Waals surface area contributed by atoms with Crippen LogP contribution < -0.4 is 5.56 Å². The summed E-state index contributed by atoms with van der Waals surface area (Å²) < 4.78 is 1.55. The molecular formula is C17H23N3O2S. The standard InChI is InChI=1S/C17H23N3O2S/c1-4-19(5-2)14(21)10-20-11(3)18-16-15(17(20)22)12-8-6-7-9-13(12)23-16/h4-10H2,1-3H3. The second kappa shape index (κ2) is 6.43. The molecule has 0 unspecified atom stereocenters. The molecule has 3 rings (SSSR count). The summed E-state index contributed by atoms with van der Waals surface area (Å²) in [7, 11) is 0. The summed E-state index contributed by atoms with van der Waals surface area (Å²) in [4.78, 5) is 33.9. The number of hydrogen-bond acceptors (Lipinski definition) is 4. The maximum absolute atomic E-state index is 13.0. The molecule has 1 aliphatic rings. The fraction of sp³-hybridized carbons (Fsp3) is 0.588. The van der Waals surface area contributed by atoms with E-state index in [0.29, 0.717) is 18.9 Å². The number of likely N-dealkylation sites (N-methyl/N-ethyl adjacent to an activating group) is 1. The van der Waals surface area contributed by atoms with Gasteiger partial charge in [0.2, 0.25) is 5.91 Å². The minimum absolute atomic E-state index is 0.0227. The average Bonchev–Trinajstić information content (AvgIpc) is 2.90. The third-order valence-electron chi connectivity index (χ3n) is 4.68. The number of fused-ring (bicyclic) bond motifs is 3. The van der Waals surface area contributed by atoms with Crippen LogP contribution in [0.5, 0.6) is 0 Å². The van der Waals surface area contributed by atoms with Crippen molar-refractivity contribution in [1.29, 1.82) is 0 Å². The van der Waals surface area contributed by atoms with Gasteiger partial charge >= 0.3 is 0 Å². The number of hydrogen-bond donors (Lipinski definition) is 0. The summed E-state index contributed by atoms with van der Waals surface area (Å²) in [5.74, 6) is 0.604. The van der Waals surface area contributed by atoms with Crippen LogP contribution in [0.4, 0.5) is 0 Å². The lowest BCUT2D eigenvalue weighted by Gasteiger charge is -2.20. The summed E-state index contributed by atoms with van der Waals surface area (Å²) in [6.07, 6.45) is 4.32. The van der Waals surface area contributed by atoms with Crippen molar-refractivity contribution in [2.45, 2.75) is 53.0 Å². The number of thiophene rings is 1. The van der Waals surface area contributed by atoms with Gasteiger partial charge in [-0.3, -0.25) is 14.2 Å². The minimum Gasteiger partial charge on any atom is -0.342 e. The van der Waals surface area contributed by atoms with E-state index in [2.05, 4.69) is 4.98 Å². The number of amides is 1. The molecule has 1 amide bonds. The zero-order valence-electron chi connectivity index (χ0n) is 14.0. The number of nitrogens with zero attached hydrogens (tertiary/aromatic N) is 3. The molecule has 0 N–H and O–H groups in total. The van der Waals surface area contributed by atoms with Crippen LogP contribution in [0.15, 0.2) is 4.79 Å². The number of aromatic nitrogens is 2. The number of aryl methyl sites for hydroxylation is 3. The molecule has 0 bridgehead atoms. The molecule has 2 heterocycles. The van der Waals surface area contributed by atoms with Crippen LogP contribution in [0.2, 0.25) is 0 Å². The Balaban J connectivity index is 2.07. The second-order valence-corrected chi connectivity index (χ2v) is 7.09. The highest BCUT2D eigenvalue weighted by Gasteiger charge is 2.22. The molecule has 124 valence electrons. The molecule has 23 heavy (non-hydrogen) atoms. The van der Waals surface area contributed by atoms with Gasteiger partial charge in [0.1, 0.15) is 17.2 Å². The van der Waals surface area contributed by atoms with Crippen molar-refractivity contribution in [1.82, 2.24) is 14.5 Å². The first-order valence-corrected chi connectivity index (χ1v) is 9.17. The molecule has 0 spiro atoms. The summed E-state index contributed by atoms with van der Waals surface area (Å²) in [5, 5.41) is 0.752. The van der Waals surface area contributed by atoms with Crippen LogP contribution >= 0.6 is 11.3 Å². The number of rotatable bonds is 4. The largest absolute Gasteiger partial charge is 0.342 e. The highest BCUT2D eigenvalue weighted by molar-refractivity contribution is 7.18. The van der Waals surface area contributed by atoms with E-state index < -0.39 is 0 Å². The van der Waals surface area contributed by atoms with Crippen LogP contribution in [0, 0.1) is 6.92 Å². The van der Waals surface area contributed by atoms with Gasteiger partial charge in [-0.05, 0) is 52.0 Å². The molecule has 0 saturated heterocycles. The van der Waals surface area contributed by atoms with Crippen LogP contribution in [0.1, 0.15) is 43.0 Å². The van der Waals surface area contributed by atoms with Crippen LogP contribution in [0.3, 0.4) is 0 Å². The van der Waals surface area contributed by atoms with Crippen molar-refractivity contribution in [3.63, 3.8) is 0 Å². The molecular weight excluding hydrogens is 310 g/mol. The zero-order chi connectivity index (χ0) is 16.6. The first kappa shape index (κ1) is 16.2. The topological polar surface area (TPSA) is 55.2 Å². The molecule has 5 nitrogen and oxygen atoms in total. The highest BCUT2D eigenvalue weighted by atomic mass is 32.1. The Kier molecular flexibility index (Phi) is 4.53. The molecule has 6 heteroatoms. The summed E-state index contributed by atoms with van der Waals surface area (Å²) in [5.41, 5.74) is 1.13. The van der Waals surface area contributed by atoms with E-state index in [1.807, 2.05) is 20.8 Å². The van der Waals surface area contributed by atoms with E-state index in [0.717, 1.165) is 29.5 Å². The average molecular weight is 333 g/mol. The van der Waals surface area contributed by atoms with Crippen molar-refractivity contribution in [2.75, 3.05) is 13.1 Å². The third-order valence-corrected chi connectivity index (χ3v) is 5.86. The van der Waals surface area contributed by atoms with E-state index in [1.165, 1.54) is 16.9 Å². The number of carbonyl (C=O) groups excluding carboxylic acids is 1. The van der Waals surface area contributed by atoms with E-state index in [-0.39, 0.29) is 18.0 Å². The van der Waals surface area contributed by atoms with Crippen LogP contribution in [0.25, 0.3) is 10.2 Å². The molecule has 0 saturated carbocycles. The fourth-order valence-corrected chi connectivity index (χ4v) is 4.64. The lowest BCUT2D eigenvalue weighted by molar-refractivity contribution is -0.131. The van der Waals surface area contributed by atoms with E-state index in [4.69, 9.17) is 0 Å². The minimum atomic E-state index is -0.0487. The van der Waals surface area contributed by atoms with E-state index in [9.17, 15) is 9.59 Å². The maximum Gasteiger partial charge on any atom is 0.263 e. The predicted octanol–water partition coefficient (Wildman–Crippen LogP) is 2.51. The maximum atomic E-state index is 13.0. The first-order chi connectivity index (χ1) is 11.1. The quantitative estimate of drug-likeness (QED) is 0.864. The smallest absolute Gasteiger partial charge is 0.263 e. The molecule has 0 aromatic carbocycles. The summed E-state index contributed by atoms with van der Waals surface area (Å²) in [6, 6.07) is 0. The molecule has 0 atom stereocenters. The molecule has 1 aliphatic carbocycles. The van der Waals surface area contributed by atoms with Gasteiger partial charge in [-0.25, -0.2) is 4.98 Å². The Hall–Kier alpha value is -1.69. The van der Waals surface area contributed by atoms with Crippen molar-refractivity contribution < 1.29 is 4.79 Å². The van der Waals surface area contributed by atoms with Gasteiger partial charge in [-0.2, -0.15) is 0 Å². The SMILES string of the molecule is CCN(CC)C(=O)Cn1c(C)nc2sc3c(c2c1=O)CCCC3. The number of carbonyl (C=O) groups is 1. The van der Waals surface area contributed by atoms with Gasteiger partial charge in [-0.1, -0.05) is 0 Å². The fourth-order valence-electron chi connectivity index (χ4n) is 3.34. The monoisotopic (exact) mass is 333 g/mol. The zero-order valence-corrected chi connectivity index (χ0v) is 14.8. The molecule has 0 radical (unpaired) electrons. The first-order valence-electron chi connectivity index (χ1n) is 8.36. The highest BCUT2D eigenvalue weighted by Crippen LogP contribution is 2.33. The molecule has 0 fully saturated rings. The van der Waals surface area contributed by atoms with Gasteiger partial charge in [0.25, 0.3) is 5.56 Å². The second-order valence-electron chi connectivity index (χ2n) is 6.01. The molecule has 2 aromatic rings. The Morgan fingerprint density at radius 2 is 1.96 bits per heavy atom. The van der Waals surface area contributed by atoms with Gasteiger partial charge in [0.15, 0.2) is 0 Å². The third kappa shape index (κ3) is 2.80. The van der Waals surface area contributed by atoms with Crippen molar-refractivity contribution in [3.8, 4) is 0 Å². The Bertz CT molecular complexity index is 802. The predicted molar refractivity (Wildman–Crippen MR) is 93.2 cm³/mol. The Labute approximate surface area is 139 Å². The van der Waals surface area contributed by atoms with Crippen LogP contribution in [-0.4, -0.2) is 33.4 Å². The van der Waals surface area contributed by atoms with Gasteiger partial charge in [0.05, 0.1) is 5.39 Å². The lowest BCUT2D eigenvalue weighted by Crippen LogP contribution is -2.37. The van der Waals surface area contributed by atoms with Crippen molar-refractivity contribution in [3.05, 3.63) is 26.6 Å². The van der Waals surface area contributed by atoms with Crippen molar-refractivity contribution >= 4 is 27.5 Å². The molecule has 0 aliphatic heterocycles. The lowest BCUT2D eigenvalue weighted by atomic mass is 9.97. The molecule has 2 aromatic heterocycles. The van der Waals surface area contributed by atoms with Gasteiger partial charge in [0, 0.05) is 18.0 Å². The van der Waals surface area contributed by atoms with Crippen LogP contribution in [-0.2, 0) is 24.2 Å². The van der Waals surface area contributed by atoms with Gasteiger partial charge < -0.3 is 4.90 Å². The summed E-state index contributed by atoms with van der Waals surface area (Å²) in [6.45, 7) is 7.12. The van der Waals surface area contributed by atoms with Crippen molar-refractivity contribution in [2.24, 2.45) is 0 Å². The van der Waals surface area contributed by atoms with E-state index in [1.54, 1.807) is 20.8 Å².